The molecule has 0 aromatic rings. The summed E-state index contributed by atoms with van der Waals surface area (Å²) in [7, 11) is 0. The van der Waals surface area contributed by atoms with E-state index >= 15 is 0 Å². The van der Waals surface area contributed by atoms with Crippen LogP contribution in [0.4, 0.5) is 0 Å². The van der Waals surface area contributed by atoms with Crippen LogP contribution >= 0.6 is 0 Å². The van der Waals surface area contributed by atoms with Crippen LogP contribution in [0, 0.1) is 0 Å². The molecule has 1 amide bonds. The Bertz CT molecular complexity index is 280. The Morgan fingerprint density at radius 1 is 1.24 bits per heavy atom. The van der Waals surface area contributed by atoms with Crippen molar-refractivity contribution in [3.05, 3.63) is 12.2 Å². The van der Waals surface area contributed by atoms with Crippen LogP contribution in [0.25, 0.3) is 0 Å². The summed E-state index contributed by atoms with van der Waals surface area (Å²) >= 11 is 0. The topological polar surface area (TPSA) is 55.4 Å². The maximum Gasteiger partial charge on any atom is 0.331 e. The van der Waals surface area contributed by atoms with Gasteiger partial charge in [0, 0.05) is 18.7 Å². The van der Waals surface area contributed by atoms with Gasteiger partial charge in [0.25, 0.3) is 0 Å². The molecule has 0 bridgehead atoms. The third-order valence-electron chi connectivity index (χ3n) is 2.76. The summed E-state index contributed by atoms with van der Waals surface area (Å²) in [6, 6.07) is 0. The van der Waals surface area contributed by atoms with Crippen LogP contribution in [-0.2, 0) is 14.3 Å². The fourth-order valence-electron chi connectivity index (χ4n) is 1.84. The number of nitrogens with one attached hydrogen (secondary N) is 1. The van der Waals surface area contributed by atoms with Crippen molar-refractivity contribution in [1.29, 1.82) is 0 Å². The summed E-state index contributed by atoms with van der Waals surface area (Å²) in [5, 5.41) is 2.66. The van der Waals surface area contributed by atoms with Crippen LogP contribution in [0.15, 0.2) is 12.2 Å². The first-order chi connectivity index (χ1) is 8.22. The molecule has 1 aliphatic rings. The predicted octanol–water partition coefficient (Wildman–Crippen LogP) is 1.94. The number of carbonyl (C=O) groups excluding carboxylic acids is 2. The minimum absolute atomic E-state index is 0.0413. The van der Waals surface area contributed by atoms with Gasteiger partial charge >= 0.3 is 5.97 Å². The Kier molecular flexibility index (Phi) is 6.37. The van der Waals surface area contributed by atoms with Crippen LogP contribution in [0.1, 0.15) is 45.4 Å². The van der Waals surface area contributed by atoms with Crippen molar-refractivity contribution in [1.82, 2.24) is 5.32 Å². The normalized spacial score (nSPS) is 17.0. The first kappa shape index (κ1) is 13.7. The molecule has 0 aromatic heterocycles. The highest BCUT2D eigenvalue weighted by atomic mass is 16.5. The lowest BCUT2D eigenvalue weighted by molar-refractivity contribution is -0.144. The van der Waals surface area contributed by atoms with Gasteiger partial charge in [-0.25, -0.2) is 4.79 Å². The van der Waals surface area contributed by atoms with Crippen LogP contribution in [0.3, 0.4) is 0 Å². The average molecular weight is 239 g/mol. The number of hydrogen-bond donors (Lipinski definition) is 1. The lowest BCUT2D eigenvalue weighted by atomic mass is 9.98. The number of hydrogen-bond acceptors (Lipinski definition) is 3. The molecule has 1 aliphatic carbocycles. The summed E-state index contributed by atoms with van der Waals surface area (Å²) in [5.41, 5.74) is 0. The Hall–Kier alpha value is -1.32. The zero-order valence-electron chi connectivity index (χ0n) is 10.4. The number of carbonyl (C=O) groups is 2. The quantitative estimate of drug-likeness (QED) is 0.589. The van der Waals surface area contributed by atoms with E-state index in [1.165, 1.54) is 18.6 Å². The van der Waals surface area contributed by atoms with E-state index in [-0.39, 0.29) is 12.0 Å². The van der Waals surface area contributed by atoms with E-state index in [1.807, 2.05) is 6.92 Å². The van der Waals surface area contributed by atoms with E-state index in [0.29, 0.717) is 6.54 Å². The predicted molar refractivity (Wildman–Crippen MR) is 65.4 cm³/mol. The molecule has 96 valence electrons. The lowest BCUT2D eigenvalue weighted by Crippen LogP contribution is -2.23. The molecule has 1 rings (SSSR count). The van der Waals surface area contributed by atoms with Crippen LogP contribution in [0.5, 0.6) is 0 Å². The second-order valence-corrected chi connectivity index (χ2v) is 4.32. The maximum absolute atomic E-state index is 11.4. The highest BCUT2D eigenvalue weighted by Crippen LogP contribution is 2.20. The summed E-state index contributed by atoms with van der Waals surface area (Å²) in [6.45, 7) is 2.60. The van der Waals surface area contributed by atoms with Gasteiger partial charge in [0.05, 0.1) is 0 Å². The zero-order valence-corrected chi connectivity index (χ0v) is 10.4. The largest absolute Gasteiger partial charge is 0.459 e. The molecule has 4 nitrogen and oxygen atoms in total. The molecule has 0 spiro atoms. The summed E-state index contributed by atoms with van der Waals surface area (Å²) in [6.07, 6.45) is 8.73. The van der Waals surface area contributed by atoms with Gasteiger partial charge in [-0.1, -0.05) is 13.3 Å². The van der Waals surface area contributed by atoms with Gasteiger partial charge in [0.2, 0.25) is 5.91 Å². The van der Waals surface area contributed by atoms with Crippen LogP contribution in [0.2, 0.25) is 0 Å². The Morgan fingerprint density at radius 3 is 2.59 bits per heavy atom. The molecule has 0 atom stereocenters. The van der Waals surface area contributed by atoms with E-state index in [2.05, 4.69) is 5.32 Å². The van der Waals surface area contributed by atoms with Gasteiger partial charge in [0.15, 0.2) is 0 Å². The van der Waals surface area contributed by atoms with Crippen molar-refractivity contribution >= 4 is 11.9 Å². The fourth-order valence-corrected chi connectivity index (χ4v) is 1.84. The summed E-state index contributed by atoms with van der Waals surface area (Å²) in [4.78, 5) is 22.6. The van der Waals surface area contributed by atoms with Crippen LogP contribution in [-0.4, -0.2) is 24.5 Å². The molecule has 0 aromatic carbocycles. The molecule has 0 radical (unpaired) electrons. The Morgan fingerprint density at radius 2 is 1.94 bits per heavy atom. The minimum Gasteiger partial charge on any atom is -0.459 e. The third-order valence-corrected chi connectivity index (χ3v) is 2.76. The molecule has 1 fully saturated rings. The van der Waals surface area contributed by atoms with E-state index in [4.69, 9.17) is 4.74 Å². The SMILES string of the molecule is CCCNC(=O)C=CC(=O)OC1CCCCC1. The summed E-state index contributed by atoms with van der Waals surface area (Å²) < 4.78 is 5.24. The van der Waals surface area contributed by atoms with E-state index in [1.54, 1.807) is 0 Å². The molecule has 4 heteroatoms. The van der Waals surface area contributed by atoms with Gasteiger partial charge in [-0.05, 0) is 32.1 Å². The zero-order chi connectivity index (χ0) is 12.5. The molecule has 1 N–H and O–H groups in total. The molecule has 0 aliphatic heterocycles. The summed E-state index contributed by atoms with van der Waals surface area (Å²) in [5.74, 6) is -0.656. The molecule has 0 heterocycles. The van der Waals surface area contributed by atoms with Gasteiger partial charge in [-0.2, -0.15) is 0 Å². The van der Waals surface area contributed by atoms with Crippen molar-refractivity contribution in [3.8, 4) is 0 Å². The highest BCUT2D eigenvalue weighted by Gasteiger charge is 2.16. The molecular formula is C13H21NO3. The number of esters is 1. The van der Waals surface area contributed by atoms with Gasteiger partial charge < -0.3 is 10.1 Å². The van der Waals surface area contributed by atoms with Crippen molar-refractivity contribution < 1.29 is 14.3 Å². The van der Waals surface area contributed by atoms with E-state index in [0.717, 1.165) is 32.1 Å². The van der Waals surface area contributed by atoms with Gasteiger partial charge in [0.1, 0.15) is 6.10 Å². The van der Waals surface area contributed by atoms with Crippen molar-refractivity contribution in [2.75, 3.05) is 6.54 Å². The molecule has 0 unspecified atom stereocenters. The third kappa shape index (κ3) is 6.09. The Balaban J connectivity index is 2.23. The van der Waals surface area contributed by atoms with Gasteiger partial charge in [-0.15, -0.1) is 0 Å². The van der Waals surface area contributed by atoms with Crippen molar-refractivity contribution in [2.24, 2.45) is 0 Å². The standard InChI is InChI=1S/C13H21NO3/c1-2-10-14-12(15)8-9-13(16)17-11-6-4-3-5-7-11/h8-9,11H,2-7,10H2,1H3,(H,14,15). The van der Waals surface area contributed by atoms with E-state index in [9.17, 15) is 9.59 Å². The first-order valence-corrected chi connectivity index (χ1v) is 6.39. The number of ether oxygens (including phenoxy) is 1. The lowest BCUT2D eigenvalue weighted by Gasteiger charge is -2.20. The maximum atomic E-state index is 11.4. The second-order valence-electron chi connectivity index (χ2n) is 4.32. The van der Waals surface area contributed by atoms with E-state index < -0.39 is 5.97 Å². The molecular weight excluding hydrogens is 218 g/mol. The molecule has 0 saturated heterocycles. The minimum atomic E-state index is -0.413. The second kappa shape index (κ2) is 7.87. The Labute approximate surface area is 102 Å². The fraction of sp³-hybridized carbons (Fsp3) is 0.692. The van der Waals surface area contributed by atoms with Crippen molar-refractivity contribution in [3.63, 3.8) is 0 Å². The first-order valence-electron chi connectivity index (χ1n) is 6.39. The number of rotatable bonds is 5. The highest BCUT2D eigenvalue weighted by molar-refractivity contribution is 5.94. The van der Waals surface area contributed by atoms with Crippen molar-refractivity contribution in [2.45, 2.75) is 51.6 Å². The van der Waals surface area contributed by atoms with Gasteiger partial charge in [-0.3, -0.25) is 4.79 Å². The monoisotopic (exact) mass is 239 g/mol. The molecule has 1 saturated carbocycles. The smallest absolute Gasteiger partial charge is 0.331 e. The number of amides is 1. The average Bonchev–Trinajstić information content (AvgIpc) is 2.35. The van der Waals surface area contributed by atoms with Crippen LogP contribution < -0.4 is 5.32 Å². The molecule has 17 heavy (non-hydrogen) atoms.